The third kappa shape index (κ3) is 3.34. The molecule has 0 radical (unpaired) electrons. The molecule has 1 saturated heterocycles. The van der Waals surface area contributed by atoms with Gasteiger partial charge in [-0.3, -0.25) is 4.79 Å². The summed E-state index contributed by atoms with van der Waals surface area (Å²) < 4.78 is 5.48. The Bertz CT molecular complexity index is 429. The molecule has 1 unspecified atom stereocenters. The van der Waals surface area contributed by atoms with Crippen molar-refractivity contribution in [1.82, 2.24) is 4.98 Å². The monoisotopic (exact) mass is 280 g/mol. The van der Waals surface area contributed by atoms with E-state index in [2.05, 4.69) is 10.3 Å². The summed E-state index contributed by atoms with van der Waals surface area (Å²) in [5.41, 5.74) is 1.20. The molecule has 0 bridgehead atoms. The number of ether oxygens (including phenoxy) is 1. The molecule has 1 N–H and O–H groups in total. The van der Waals surface area contributed by atoms with Crippen LogP contribution in [0.1, 0.15) is 49.1 Å². The average molecular weight is 280 g/mol. The number of rotatable bonds is 3. The Morgan fingerprint density at radius 1 is 1.32 bits per heavy atom. The molecule has 0 spiro atoms. The molecule has 3 rings (SSSR count). The van der Waals surface area contributed by atoms with Crippen LogP contribution in [-0.2, 0) is 22.4 Å². The first kappa shape index (κ1) is 13.1. The van der Waals surface area contributed by atoms with Gasteiger partial charge >= 0.3 is 0 Å². The van der Waals surface area contributed by atoms with Crippen LogP contribution in [0.5, 0.6) is 0 Å². The van der Waals surface area contributed by atoms with Gasteiger partial charge < -0.3 is 10.1 Å². The Morgan fingerprint density at radius 2 is 2.21 bits per heavy atom. The van der Waals surface area contributed by atoms with E-state index in [0.29, 0.717) is 6.42 Å². The van der Waals surface area contributed by atoms with Crippen LogP contribution >= 0.6 is 11.3 Å². The van der Waals surface area contributed by atoms with Gasteiger partial charge in [-0.15, -0.1) is 11.3 Å². The first-order valence-electron chi connectivity index (χ1n) is 7.21. The Kier molecular flexibility index (Phi) is 4.13. The number of nitrogens with one attached hydrogen (secondary N) is 1. The zero-order valence-electron chi connectivity index (χ0n) is 11.1. The van der Waals surface area contributed by atoms with Crippen LogP contribution in [0.2, 0.25) is 0 Å². The van der Waals surface area contributed by atoms with Crippen LogP contribution in [0.15, 0.2) is 0 Å². The Morgan fingerprint density at radius 3 is 3.05 bits per heavy atom. The molecule has 1 aromatic rings. The SMILES string of the molecule is O=C(CC1CCCO1)Nc1nc2c(s1)CCCCC2. The highest BCUT2D eigenvalue weighted by Gasteiger charge is 2.20. The Labute approximate surface area is 117 Å². The van der Waals surface area contributed by atoms with Gasteiger partial charge in [-0.1, -0.05) is 6.42 Å². The molecule has 1 aromatic heterocycles. The minimum Gasteiger partial charge on any atom is -0.378 e. The number of anilines is 1. The molecule has 104 valence electrons. The van der Waals surface area contributed by atoms with Crippen molar-refractivity contribution in [2.45, 2.75) is 57.5 Å². The minimum absolute atomic E-state index is 0.0378. The quantitative estimate of drug-likeness (QED) is 0.866. The molecule has 1 atom stereocenters. The number of fused-ring (bicyclic) bond motifs is 1. The van der Waals surface area contributed by atoms with Crippen molar-refractivity contribution in [3.8, 4) is 0 Å². The van der Waals surface area contributed by atoms with Crippen molar-refractivity contribution in [2.24, 2.45) is 0 Å². The Balaban J connectivity index is 1.58. The number of aryl methyl sites for hydroxylation is 2. The van der Waals surface area contributed by atoms with E-state index in [0.717, 1.165) is 37.4 Å². The molecule has 1 amide bonds. The van der Waals surface area contributed by atoms with Gasteiger partial charge in [0.2, 0.25) is 5.91 Å². The van der Waals surface area contributed by atoms with Gasteiger partial charge in [0.25, 0.3) is 0 Å². The van der Waals surface area contributed by atoms with Crippen molar-refractivity contribution in [3.63, 3.8) is 0 Å². The summed E-state index contributed by atoms with van der Waals surface area (Å²) in [4.78, 5) is 17.9. The Hall–Kier alpha value is -0.940. The fourth-order valence-corrected chi connectivity index (χ4v) is 3.83. The van der Waals surface area contributed by atoms with Crippen molar-refractivity contribution >= 4 is 22.4 Å². The molecular weight excluding hydrogens is 260 g/mol. The number of amides is 1. The number of thiazole rings is 1. The lowest BCUT2D eigenvalue weighted by Crippen LogP contribution is -2.19. The highest BCUT2D eigenvalue weighted by atomic mass is 32.1. The molecule has 19 heavy (non-hydrogen) atoms. The lowest BCUT2D eigenvalue weighted by molar-refractivity contribution is -0.118. The molecule has 4 nitrogen and oxygen atoms in total. The number of nitrogens with zero attached hydrogens (tertiary/aromatic N) is 1. The molecule has 1 fully saturated rings. The molecule has 1 aliphatic carbocycles. The van der Waals surface area contributed by atoms with E-state index < -0.39 is 0 Å². The van der Waals surface area contributed by atoms with Crippen molar-refractivity contribution in [1.29, 1.82) is 0 Å². The topological polar surface area (TPSA) is 51.2 Å². The van der Waals surface area contributed by atoms with E-state index in [4.69, 9.17) is 4.74 Å². The third-order valence-corrected chi connectivity index (χ3v) is 4.85. The van der Waals surface area contributed by atoms with E-state index in [9.17, 15) is 4.79 Å². The second-order valence-electron chi connectivity index (χ2n) is 5.34. The lowest BCUT2D eigenvalue weighted by atomic mass is 10.2. The highest BCUT2D eigenvalue weighted by Crippen LogP contribution is 2.29. The molecule has 2 aliphatic rings. The van der Waals surface area contributed by atoms with Gasteiger partial charge in [0, 0.05) is 11.5 Å². The van der Waals surface area contributed by atoms with Gasteiger partial charge in [0.05, 0.1) is 18.2 Å². The van der Waals surface area contributed by atoms with E-state index in [1.807, 2.05) is 0 Å². The highest BCUT2D eigenvalue weighted by molar-refractivity contribution is 7.15. The maximum atomic E-state index is 11.9. The van der Waals surface area contributed by atoms with Gasteiger partial charge in [-0.2, -0.15) is 0 Å². The van der Waals surface area contributed by atoms with Crippen LogP contribution in [0, 0.1) is 0 Å². The number of hydrogen-bond donors (Lipinski definition) is 1. The first-order chi connectivity index (χ1) is 9.31. The third-order valence-electron chi connectivity index (χ3n) is 3.78. The van der Waals surface area contributed by atoms with E-state index in [1.54, 1.807) is 11.3 Å². The summed E-state index contributed by atoms with van der Waals surface area (Å²) in [6, 6.07) is 0. The molecule has 5 heteroatoms. The maximum Gasteiger partial charge on any atom is 0.228 e. The summed E-state index contributed by atoms with van der Waals surface area (Å²) in [5, 5.41) is 3.71. The van der Waals surface area contributed by atoms with Crippen LogP contribution in [0.3, 0.4) is 0 Å². The van der Waals surface area contributed by atoms with Gasteiger partial charge in [-0.25, -0.2) is 4.98 Å². The summed E-state index contributed by atoms with van der Waals surface area (Å²) in [7, 11) is 0. The lowest BCUT2D eigenvalue weighted by Gasteiger charge is -2.07. The summed E-state index contributed by atoms with van der Waals surface area (Å²) in [6.07, 6.45) is 8.60. The van der Waals surface area contributed by atoms with Crippen LogP contribution in [0.4, 0.5) is 5.13 Å². The largest absolute Gasteiger partial charge is 0.378 e. The summed E-state index contributed by atoms with van der Waals surface area (Å²) in [5.74, 6) is 0.0378. The zero-order chi connectivity index (χ0) is 13.1. The van der Waals surface area contributed by atoms with E-state index in [1.165, 1.54) is 29.8 Å². The van der Waals surface area contributed by atoms with E-state index in [-0.39, 0.29) is 12.0 Å². The van der Waals surface area contributed by atoms with Gasteiger partial charge in [-0.05, 0) is 38.5 Å². The number of carbonyl (C=O) groups is 1. The standard InChI is InChI=1S/C14H20N2O2S/c17-13(9-10-5-4-8-18-10)16-14-15-11-6-2-1-3-7-12(11)19-14/h10H,1-9H2,(H,15,16,17). The zero-order valence-corrected chi connectivity index (χ0v) is 11.9. The summed E-state index contributed by atoms with van der Waals surface area (Å²) in [6.45, 7) is 0.795. The first-order valence-corrected chi connectivity index (χ1v) is 8.03. The number of carbonyl (C=O) groups excluding carboxylic acids is 1. The van der Waals surface area contributed by atoms with Gasteiger partial charge in [0.15, 0.2) is 5.13 Å². The van der Waals surface area contributed by atoms with Crippen LogP contribution in [-0.4, -0.2) is 23.6 Å². The normalized spacial score (nSPS) is 22.8. The second kappa shape index (κ2) is 6.01. The maximum absolute atomic E-state index is 11.9. The smallest absolute Gasteiger partial charge is 0.228 e. The summed E-state index contributed by atoms with van der Waals surface area (Å²) >= 11 is 1.65. The molecule has 0 saturated carbocycles. The van der Waals surface area contributed by atoms with Crippen molar-refractivity contribution in [2.75, 3.05) is 11.9 Å². The molecule has 2 heterocycles. The molecular formula is C14H20N2O2S. The molecule has 0 aromatic carbocycles. The predicted octanol–water partition coefficient (Wildman–Crippen LogP) is 2.92. The fraction of sp³-hybridized carbons (Fsp3) is 0.714. The van der Waals surface area contributed by atoms with Crippen molar-refractivity contribution in [3.05, 3.63) is 10.6 Å². The number of hydrogen-bond acceptors (Lipinski definition) is 4. The van der Waals surface area contributed by atoms with Gasteiger partial charge in [0.1, 0.15) is 0 Å². The predicted molar refractivity (Wildman–Crippen MR) is 75.6 cm³/mol. The second-order valence-corrected chi connectivity index (χ2v) is 6.42. The minimum atomic E-state index is 0.0378. The van der Waals surface area contributed by atoms with Crippen LogP contribution < -0.4 is 5.32 Å². The van der Waals surface area contributed by atoms with Crippen molar-refractivity contribution < 1.29 is 9.53 Å². The number of aromatic nitrogens is 1. The average Bonchev–Trinajstić information content (AvgIpc) is 2.95. The fourth-order valence-electron chi connectivity index (χ4n) is 2.76. The molecule has 1 aliphatic heterocycles. The van der Waals surface area contributed by atoms with E-state index >= 15 is 0 Å². The van der Waals surface area contributed by atoms with Crippen LogP contribution in [0.25, 0.3) is 0 Å².